The molecule has 0 aliphatic rings. The van der Waals surface area contributed by atoms with Crippen LogP contribution in [0.5, 0.6) is 11.5 Å². The molecule has 1 unspecified atom stereocenters. The van der Waals surface area contributed by atoms with Gasteiger partial charge in [0, 0.05) is 12.2 Å². The first kappa shape index (κ1) is 20.7. The number of rotatable bonds is 8. The van der Waals surface area contributed by atoms with E-state index in [-0.39, 0.29) is 5.91 Å². The van der Waals surface area contributed by atoms with Crippen molar-refractivity contribution in [1.29, 1.82) is 0 Å². The zero-order valence-corrected chi connectivity index (χ0v) is 17.1. The SMILES string of the molecule is COc1cccc(CNC(C(=O)Nc2ccc(OC)c(Cl)c2)c2ccccc2)c1. The molecule has 150 valence electrons. The lowest BCUT2D eigenvalue weighted by molar-refractivity contribution is -0.118. The molecule has 0 aliphatic heterocycles. The summed E-state index contributed by atoms with van der Waals surface area (Å²) >= 11 is 6.18. The summed E-state index contributed by atoms with van der Waals surface area (Å²) in [6, 6.07) is 21.9. The number of ether oxygens (including phenoxy) is 2. The van der Waals surface area contributed by atoms with Gasteiger partial charge in [0.15, 0.2) is 0 Å². The second kappa shape index (κ2) is 9.96. The largest absolute Gasteiger partial charge is 0.497 e. The summed E-state index contributed by atoms with van der Waals surface area (Å²) in [5.74, 6) is 1.15. The van der Waals surface area contributed by atoms with E-state index >= 15 is 0 Å². The average Bonchev–Trinajstić information content (AvgIpc) is 2.75. The van der Waals surface area contributed by atoms with Crippen LogP contribution in [0.1, 0.15) is 17.2 Å². The zero-order chi connectivity index (χ0) is 20.6. The van der Waals surface area contributed by atoms with E-state index in [0.717, 1.165) is 16.9 Å². The molecule has 1 atom stereocenters. The van der Waals surface area contributed by atoms with Gasteiger partial charge >= 0.3 is 0 Å². The third-order valence-electron chi connectivity index (χ3n) is 4.46. The molecule has 5 nitrogen and oxygen atoms in total. The fraction of sp³-hybridized carbons (Fsp3) is 0.174. The monoisotopic (exact) mass is 410 g/mol. The van der Waals surface area contributed by atoms with E-state index < -0.39 is 6.04 Å². The normalized spacial score (nSPS) is 11.6. The number of methoxy groups -OCH3 is 2. The molecule has 0 heterocycles. The van der Waals surface area contributed by atoms with Crippen LogP contribution in [0.2, 0.25) is 5.02 Å². The highest BCUT2D eigenvalue weighted by Gasteiger charge is 2.20. The molecule has 0 saturated heterocycles. The molecule has 3 rings (SSSR count). The lowest BCUT2D eigenvalue weighted by Crippen LogP contribution is -2.32. The zero-order valence-electron chi connectivity index (χ0n) is 16.3. The summed E-state index contributed by atoms with van der Waals surface area (Å²) in [6.45, 7) is 0.507. The number of nitrogens with one attached hydrogen (secondary N) is 2. The van der Waals surface area contributed by atoms with Gasteiger partial charge in [-0.1, -0.05) is 54.1 Å². The second-order valence-electron chi connectivity index (χ2n) is 6.41. The molecule has 3 aromatic rings. The van der Waals surface area contributed by atoms with E-state index in [1.807, 2.05) is 54.6 Å². The van der Waals surface area contributed by atoms with Gasteiger partial charge in [0.1, 0.15) is 17.5 Å². The summed E-state index contributed by atoms with van der Waals surface area (Å²) < 4.78 is 10.4. The molecule has 0 aromatic heterocycles. The van der Waals surface area contributed by atoms with Crippen molar-refractivity contribution >= 4 is 23.2 Å². The van der Waals surface area contributed by atoms with Crippen LogP contribution < -0.4 is 20.1 Å². The minimum absolute atomic E-state index is 0.180. The summed E-state index contributed by atoms with van der Waals surface area (Å²) in [5.41, 5.74) is 2.49. The van der Waals surface area contributed by atoms with Crippen molar-refractivity contribution in [2.24, 2.45) is 0 Å². The Labute approximate surface area is 175 Å². The lowest BCUT2D eigenvalue weighted by atomic mass is 10.1. The number of carbonyl (C=O) groups excluding carboxylic acids is 1. The Morgan fingerprint density at radius 2 is 1.76 bits per heavy atom. The Kier molecular flexibility index (Phi) is 7.11. The Bertz CT molecular complexity index is 963. The molecule has 0 bridgehead atoms. The van der Waals surface area contributed by atoms with E-state index in [9.17, 15) is 4.79 Å². The Balaban J connectivity index is 1.77. The van der Waals surface area contributed by atoms with Crippen molar-refractivity contribution in [3.63, 3.8) is 0 Å². The molecule has 0 spiro atoms. The highest BCUT2D eigenvalue weighted by Crippen LogP contribution is 2.28. The second-order valence-corrected chi connectivity index (χ2v) is 6.82. The number of benzene rings is 3. The molecular weight excluding hydrogens is 388 g/mol. The maximum absolute atomic E-state index is 13.1. The van der Waals surface area contributed by atoms with E-state index in [2.05, 4.69) is 10.6 Å². The maximum atomic E-state index is 13.1. The highest BCUT2D eigenvalue weighted by atomic mass is 35.5. The van der Waals surface area contributed by atoms with Crippen LogP contribution in [0.15, 0.2) is 72.8 Å². The van der Waals surface area contributed by atoms with Gasteiger partial charge in [0.2, 0.25) is 5.91 Å². The van der Waals surface area contributed by atoms with Gasteiger partial charge in [0.05, 0.1) is 19.2 Å². The van der Waals surface area contributed by atoms with Crippen LogP contribution in [-0.4, -0.2) is 20.1 Å². The van der Waals surface area contributed by atoms with Crippen molar-refractivity contribution < 1.29 is 14.3 Å². The number of hydrogen-bond acceptors (Lipinski definition) is 4. The Hall–Kier alpha value is -3.02. The number of amides is 1. The quantitative estimate of drug-likeness (QED) is 0.558. The first-order valence-corrected chi connectivity index (χ1v) is 9.54. The van der Waals surface area contributed by atoms with E-state index in [1.54, 1.807) is 32.4 Å². The summed E-state index contributed by atoms with van der Waals surface area (Å²) in [6.07, 6.45) is 0. The number of halogens is 1. The van der Waals surface area contributed by atoms with Crippen LogP contribution in [0.25, 0.3) is 0 Å². The van der Waals surface area contributed by atoms with Gasteiger partial charge in [-0.25, -0.2) is 0 Å². The molecule has 2 N–H and O–H groups in total. The minimum Gasteiger partial charge on any atom is -0.497 e. The minimum atomic E-state index is -0.539. The third kappa shape index (κ3) is 5.50. The van der Waals surface area contributed by atoms with Crippen LogP contribution >= 0.6 is 11.6 Å². The molecule has 6 heteroatoms. The van der Waals surface area contributed by atoms with E-state index in [1.165, 1.54) is 0 Å². The van der Waals surface area contributed by atoms with Gasteiger partial charge in [-0.3, -0.25) is 10.1 Å². The molecule has 1 amide bonds. The fourth-order valence-electron chi connectivity index (χ4n) is 2.97. The van der Waals surface area contributed by atoms with E-state index in [0.29, 0.717) is 23.0 Å². The average molecular weight is 411 g/mol. The standard InChI is InChI=1S/C23H23ClN2O3/c1-28-19-10-6-7-16(13-19)15-25-22(17-8-4-3-5-9-17)23(27)26-18-11-12-21(29-2)20(24)14-18/h3-14,22,25H,15H2,1-2H3,(H,26,27). The molecule has 0 aliphatic carbocycles. The molecular formula is C23H23ClN2O3. The smallest absolute Gasteiger partial charge is 0.246 e. The molecule has 3 aromatic carbocycles. The molecule has 0 radical (unpaired) electrons. The number of anilines is 1. The summed E-state index contributed by atoms with van der Waals surface area (Å²) in [7, 11) is 3.18. The lowest BCUT2D eigenvalue weighted by Gasteiger charge is -2.19. The topological polar surface area (TPSA) is 59.6 Å². The molecule has 29 heavy (non-hydrogen) atoms. The fourth-order valence-corrected chi connectivity index (χ4v) is 3.23. The number of carbonyl (C=O) groups is 1. The van der Waals surface area contributed by atoms with Gasteiger partial charge in [-0.2, -0.15) is 0 Å². The predicted molar refractivity (Wildman–Crippen MR) is 116 cm³/mol. The van der Waals surface area contributed by atoms with E-state index in [4.69, 9.17) is 21.1 Å². The third-order valence-corrected chi connectivity index (χ3v) is 4.75. The van der Waals surface area contributed by atoms with Crippen molar-refractivity contribution in [3.05, 3.63) is 88.9 Å². The molecule has 0 fully saturated rings. The van der Waals surface area contributed by atoms with Crippen molar-refractivity contribution in [1.82, 2.24) is 5.32 Å². The van der Waals surface area contributed by atoms with Gasteiger partial charge in [-0.15, -0.1) is 0 Å². The van der Waals surface area contributed by atoms with Crippen molar-refractivity contribution in [3.8, 4) is 11.5 Å². The van der Waals surface area contributed by atoms with Crippen LogP contribution in [0.3, 0.4) is 0 Å². The first-order chi connectivity index (χ1) is 14.1. The van der Waals surface area contributed by atoms with Crippen LogP contribution in [0, 0.1) is 0 Å². The van der Waals surface area contributed by atoms with Crippen molar-refractivity contribution in [2.45, 2.75) is 12.6 Å². The van der Waals surface area contributed by atoms with Crippen molar-refractivity contribution in [2.75, 3.05) is 19.5 Å². The van der Waals surface area contributed by atoms with Crippen LogP contribution in [-0.2, 0) is 11.3 Å². The van der Waals surface area contributed by atoms with Gasteiger partial charge in [-0.05, 0) is 41.5 Å². The molecule has 0 saturated carbocycles. The first-order valence-electron chi connectivity index (χ1n) is 9.16. The van der Waals surface area contributed by atoms with Gasteiger partial charge < -0.3 is 14.8 Å². The van der Waals surface area contributed by atoms with Gasteiger partial charge in [0.25, 0.3) is 0 Å². The Morgan fingerprint density at radius 1 is 0.966 bits per heavy atom. The number of hydrogen-bond donors (Lipinski definition) is 2. The highest BCUT2D eigenvalue weighted by molar-refractivity contribution is 6.32. The Morgan fingerprint density at radius 3 is 2.45 bits per heavy atom. The summed E-state index contributed by atoms with van der Waals surface area (Å²) in [5, 5.41) is 6.70. The summed E-state index contributed by atoms with van der Waals surface area (Å²) in [4.78, 5) is 13.1. The maximum Gasteiger partial charge on any atom is 0.246 e. The predicted octanol–water partition coefficient (Wildman–Crippen LogP) is 4.83. The van der Waals surface area contributed by atoms with Crippen LogP contribution in [0.4, 0.5) is 5.69 Å².